The minimum absolute atomic E-state index is 0.122. The molecule has 0 unspecified atom stereocenters. The maximum Gasteiger partial charge on any atom is 0.354 e. The van der Waals surface area contributed by atoms with E-state index in [1.165, 1.54) is 31.7 Å². The molecular weight excluding hydrogens is 258 g/mol. The summed E-state index contributed by atoms with van der Waals surface area (Å²) in [5.74, 6) is -0.760. The van der Waals surface area contributed by atoms with Crippen molar-refractivity contribution in [2.75, 3.05) is 7.11 Å². The molecule has 0 amide bonds. The molecular formula is C15H15NO4. The van der Waals surface area contributed by atoms with Gasteiger partial charge in [0.2, 0.25) is 0 Å². The quantitative estimate of drug-likeness (QED) is 0.618. The van der Waals surface area contributed by atoms with E-state index in [4.69, 9.17) is 0 Å². The monoisotopic (exact) mass is 273 g/mol. The van der Waals surface area contributed by atoms with E-state index in [2.05, 4.69) is 4.74 Å². The number of hydrogen-bond donors (Lipinski definition) is 0. The van der Waals surface area contributed by atoms with Crippen LogP contribution < -0.4 is 5.56 Å². The number of methoxy groups -OCH3 is 1. The average Bonchev–Trinajstić information content (AvgIpc) is 2.41. The lowest BCUT2D eigenvalue weighted by Crippen LogP contribution is -2.24. The highest BCUT2D eigenvalue weighted by Gasteiger charge is 2.17. The highest BCUT2D eigenvalue weighted by atomic mass is 16.5. The molecule has 1 aromatic heterocycles. The summed E-state index contributed by atoms with van der Waals surface area (Å²) in [7, 11) is 2.75. The maximum absolute atomic E-state index is 12.3. The van der Waals surface area contributed by atoms with Gasteiger partial charge in [-0.2, -0.15) is 0 Å². The van der Waals surface area contributed by atoms with Crippen molar-refractivity contribution in [2.45, 2.75) is 13.8 Å². The van der Waals surface area contributed by atoms with Crippen LogP contribution in [0.1, 0.15) is 33.3 Å². The minimum atomic E-state index is -0.610. The van der Waals surface area contributed by atoms with Crippen molar-refractivity contribution in [3.05, 3.63) is 45.4 Å². The highest BCUT2D eigenvalue weighted by molar-refractivity contribution is 6.08. The SMILES string of the molecule is COC(=O)c1cc2c(C(C)=O)cc(C)cc2c(=O)n1C. The molecule has 0 bridgehead atoms. The summed E-state index contributed by atoms with van der Waals surface area (Å²) in [5.41, 5.74) is 1.05. The number of ether oxygens (including phenoxy) is 1. The van der Waals surface area contributed by atoms with Crippen molar-refractivity contribution in [1.82, 2.24) is 4.57 Å². The van der Waals surface area contributed by atoms with Crippen LogP contribution in [0.4, 0.5) is 0 Å². The summed E-state index contributed by atoms with van der Waals surface area (Å²) in [5, 5.41) is 0.900. The molecule has 20 heavy (non-hydrogen) atoms. The molecule has 5 nitrogen and oxygen atoms in total. The fourth-order valence-electron chi connectivity index (χ4n) is 2.25. The third-order valence-corrected chi connectivity index (χ3v) is 3.28. The van der Waals surface area contributed by atoms with Crippen LogP contribution in [0.2, 0.25) is 0 Å². The van der Waals surface area contributed by atoms with E-state index < -0.39 is 5.97 Å². The zero-order valence-electron chi connectivity index (χ0n) is 11.8. The lowest BCUT2D eigenvalue weighted by atomic mass is 9.99. The molecule has 1 heterocycles. The van der Waals surface area contributed by atoms with Crippen LogP contribution in [0, 0.1) is 6.92 Å². The lowest BCUT2D eigenvalue weighted by molar-refractivity contribution is 0.0588. The summed E-state index contributed by atoms with van der Waals surface area (Å²) < 4.78 is 5.90. The first-order valence-electron chi connectivity index (χ1n) is 6.10. The maximum atomic E-state index is 12.3. The van der Waals surface area contributed by atoms with E-state index in [0.717, 1.165) is 5.56 Å². The van der Waals surface area contributed by atoms with Crippen LogP contribution in [-0.4, -0.2) is 23.4 Å². The van der Waals surface area contributed by atoms with Gasteiger partial charge in [0.15, 0.2) is 5.78 Å². The van der Waals surface area contributed by atoms with Gasteiger partial charge in [-0.1, -0.05) is 0 Å². The highest BCUT2D eigenvalue weighted by Crippen LogP contribution is 2.20. The number of carbonyl (C=O) groups is 2. The normalized spacial score (nSPS) is 10.6. The molecule has 0 spiro atoms. The number of fused-ring (bicyclic) bond motifs is 1. The molecule has 5 heteroatoms. The number of carbonyl (C=O) groups excluding carboxylic acids is 2. The third kappa shape index (κ3) is 2.11. The Kier molecular flexibility index (Phi) is 3.44. The Morgan fingerprint density at radius 3 is 2.35 bits per heavy atom. The van der Waals surface area contributed by atoms with Crippen LogP contribution in [0.25, 0.3) is 10.8 Å². The first kappa shape index (κ1) is 14.0. The third-order valence-electron chi connectivity index (χ3n) is 3.28. The summed E-state index contributed by atoms with van der Waals surface area (Å²) in [6, 6.07) is 4.95. The second-order valence-corrected chi connectivity index (χ2v) is 4.72. The van der Waals surface area contributed by atoms with E-state index in [1.54, 1.807) is 12.1 Å². The van der Waals surface area contributed by atoms with Gasteiger partial charge < -0.3 is 9.30 Å². The molecule has 2 rings (SSSR count). The van der Waals surface area contributed by atoms with Crippen LogP contribution in [0.5, 0.6) is 0 Å². The number of pyridine rings is 1. The Hall–Kier alpha value is -2.43. The van der Waals surface area contributed by atoms with Gasteiger partial charge in [-0.05, 0) is 37.6 Å². The standard InChI is InChI=1S/C15H15NO4/c1-8-5-10(9(2)17)11-7-13(15(19)20-4)16(3)14(18)12(11)6-8/h5-7H,1-4H3. The molecule has 0 saturated heterocycles. The van der Waals surface area contributed by atoms with Crippen LogP contribution in [0.15, 0.2) is 23.0 Å². The molecule has 0 aliphatic carbocycles. The Morgan fingerprint density at radius 1 is 1.15 bits per heavy atom. The number of esters is 1. The molecule has 0 atom stereocenters. The summed E-state index contributed by atoms with van der Waals surface area (Å²) in [6.07, 6.45) is 0. The first-order valence-corrected chi connectivity index (χ1v) is 6.10. The number of hydrogen-bond acceptors (Lipinski definition) is 4. The van der Waals surface area contributed by atoms with Gasteiger partial charge in [0.05, 0.1) is 7.11 Å². The van der Waals surface area contributed by atoms with Crippen molar-refractivity contribution in [3.8, 4) is 0 Å². The van der Waals surface area contributed by atoms with Crippen molar-refractivity contribution in [1.29, 1.82) is 0 Å². The van der Waals surface area contributed by atoms with Gasteiger partial charge in [-0.15, -0.1) is 0 Å². The van der Waals surface area contributed by atoms with Crippen molar-refractivity contribution in [2.24, 2.45) is 7.05 Å². The number of rotatable bonds is 2. The van der Waals surface area contributed by atoms with E-state index in [0.29, 0.717) is 16.3 Å². The molecule has 0 N–H and O–H groups in total. The topological polar surface area (TPSA) is 65.4 Å². The summed E-state index contributed by atoms with van der Waals surface area (Å²) >= 11 is 0. The Bertz CT molecular complexity index is 787. The molecule has 0 aliphatic rings. The number of ketones is 1. The fraction of sp³-hybridized carbons (Fsp3) is 0.267. The predicted octanol–water partition coefficient (Wildman–Crippen LogP) is 1.84. The molecule has 104 valence electrons. The molecule has 0 aliphatic heterocycles. The van der Waals surface area contributed by atoms with Gasteiger partial charge in [0, 0.05) is 23.4 Å². The average molecular weight is 273 g/mol. The van der Waals surface area contributed by atoms with Crippen molar-refractivity contribution >= 4 is 22.5 Å². The van der Waals surface area contributed by atoms with E-state index in [9.17, 15) is 14.4 Å². The van der Waals surface area contributed by atoms with Crippen LogP contribution in [-0.2, 0) is 11.8 Å². The zero-order chi connectivity index (χ0) is 15.0. The zero-order valence-corrected chi connectivity index (χ0v) is 11.8. The Balaban J connectivity index is 2.98. The number of aromatic nitrogens is 1. The number of nitrogens with zero attached hydrogens (tertiary/aromatic N) is 1. The van der Waals surface area contributed by atoms with Crippen molar-refractivity contribution in [3.63, 3.8) is 0 Å². The van der Waals surface area contributed by atoms with Gasteiger partial charge >= 0.3 is 5.97 Å². The van der Waals surface area contributed by atoms with Crippen molar-refractivity contribution < 1.29 is 14.3 Å². The second-order valence-electron chi connectivity index (χ2n) is 4.72. The number of benzene rings is 1. The van der Waals surface area contributed by atoms with Crippen LogP contribution in [0.3, 0.4) is 0 Å². The van der Waals surface area contributed by atoms with Gasteiger partial charge in [-0.3, -0.25) is 9.59 Å². The van der Waals surface area contributed by atoms with Gasteiger partial charge in [0.1, 0.15) is 5.69 Å². The van der Waals surface area contributed by atoms with Gasteiger partial charge in [0.25, 0.3) is 5.56 Å². The minimum Gasteiger partial charge on any atom is -0.464 e. The lowest BCUT2D eigenvalue weighted by Gasteiger charge is -2.11. The van der Waals surface area contributed by atoms with E-state index in [-0.39, 0.29) is 17.0 Å². The predicted molar refractivity (Wildman–Crippen MR) is 75.3 cm³/mol. The smallest absolute Gasteiger partial charge is 0.354 e. The number of Topliss-reactive ketones (excluding diaryl/α,β-unsaturated/α-hetero) is 1. The summed E-state index contributed by atoms with van der Waals surface area (Å²) in [4.78, 5) is 35.8. The fourth-order valence-corrected chi connectivity index (χ4v) is 2.25. The molecule has 1 aromatic carbocycles. The summed E-state index contributed by atoms with van der Waals surface area (Å²) in [6.45, 7) is 3.25. The second kappa shape index (κ2) is 4.92. The van der Waals surface area contributed by atoms with E-state index in [1.807, 2.05) is 6.92 Å². The van der Waals surface area contributed by atoms with Crippen LogP contribution >= 0.6 is 0 Å². The van der Waals surface area contributed by atoms with E-state index >= 15 is 0 Å². The molecule has 2 aromatic rings. The molecule has 0 fully saturated rings. The first-order chi connectivity index (χ1) is 9.36. The number of aryl methyl sites for hydroxylation is 1. The Morgan fingerprint density at radius 2 is 1.80 bits per heavy atom. The largest absolute Gasteiger partial charge is 0.464 e. The molecule has 0 radical (unpaired) electrons. The Labute approximate surface area is 115 Å². The molecule has 0 saturated carbocycles. The van der Waals surface area contributed by atoms with Gasteiger partial charge in [-0.25, -0.2) is 4.79 Å².